The predicted octanol–water partition coefficient (Wildman–Crippen LogP) is 5.00. The summed E-state index contributed by atoms with van der Waals surface area (Å²) in [7, 11) is 1.37. The van der Waals surface area contributed by atoms with Gasteiger partial charge in [-0.2, -0.15) is 0 Å². The molecule has 20 heavy (non-hydrogen) atoms. The van der Waals surface area contributed by atoms with E-state index in [2.05, 4.69) is 11.7 Å². The summed E-state index contributed by atoms with van der Waals surface area (Å²) in [6.45, 7) is 3.94. The van der Waals surface area contributed by atoms with Crippen LogP contribution in [-0.2, 0) is 14.3 Å². The normalized spacial score (nSPS) is 12.6. The number of allylic oxidation sites excluding steroid dienone is 1. The first-order valence-corrected chi connectivity index (χ1v) is 8.10. The zero-order valence-electron chi connectivity index (χ0n) is 13.5. The Balaban J connectivity index is 3.25. The molecule has 3 nitrogen and oxygen atoms in total. The highest BCUT2D eigenvalue weighted by molar-refractivity contribution is 5.74. The summed E-state index contributed by atoms with van der Waals surface area (Å²) in [5, 5.41) is 0. The lowest BCUT2D eigenvalue weighted by Gasteiger charge is -2.07. The number of ether oxygens (including phenoxy) is 2. The third kappa shape index (κ3) is 12.1. The van der Waals surface area contributed by atoms with Gasteiger partial charge in [-0.05, 0) is 25.8 Å². The van der Waals surface area contributed by atoms with Crippen molar-refractivity contribution in [1.82, 2.24) is 0 Å². The Morgan fingerprint density at radius 1 is 1.00 bits per heavy atom. The molecule has 0 aromatic rings. The Morgan fingerprint density at radius 2 is 1.55 bits per heavy atom. The number of rotatable bonds is 13. The van der Waals surface area contributed by atoms with Crippen LogP contribution in [0.5, 0.6) is 0 Å². The summed E-state index contributed by atoms with van der Waals surface area (Å²) < 4.78 is 9.79. The van der Waals surface area contributed by atoms with Crippen LogP contribution in [0.2, 0.25) is 0 Å². The quantitative estimate of drug-likeness (QED) is 0.271. The molecule has 3 heteroatoms. The maximum absolute atomic E-state index is 11.1. The van der Waals surface area contributed by atoms with E-state index in [0.717, 1.165) is 6.42 Å². The molecule has 0 amide bonds. The van der Waals surface area contributed by atoms with E-state index >= 15 is 0 Å². The Labute approximate surface area is 124 Å². The summed E-state index contributed by atoms with van der Waals surface area (Å²) in [6.07, 6.45) is 16.2. The van der Waals surface area contributed by atoms with Gasteiger partial charge in [-0.3, -0.25) is 0 Å². The lowest BCUT2D eigenvalue weighted by atomic mass is 10.1. The van der Waals surface area contributed by atoms with Crippen LogP contribution >= 0.6 is 0 Å². The van der Waals surface area contributed by atoms with Crippen molar-refractivity contribution < 1.29 is 14.3 Å². The summed E-state index contributed by atoms with van der Waals surface area (Å²) in [5.41, 5.74) is 0. The Morgan fingerprint density at radius 3 is 2.10 bits per heavy atom. The van der Waals surface area contributed by atoms with Crippen LogP contribution in [0, 0.1) is 0 Å². The molecule has 0 N–H and O–H groups in total. The van der Waals surface area contributed by atoms with Gasteiger partial charge in [0.15, 0.2) is 6.10 Å². The van der Waals surface area contributed by atoms with Crippen molar-refractivity contribution in [1.29, 1.82) is 0 Å². The van der Waals surface area contributed by atoms with Crippen molar-refractivity contribution in [2.24, 2.45) is 0 Å². The molecule has 0 aliphatic carbocycles. The minimum Gasteiger partial charge on any atom is -0.487 e. The van der Waals surface area contributed by atoms with Gasteiger partial charge in [-0.25, -0.2) is 4.79 Å². The monoisotopic (exact) mass is 284 g/mol. The van der Waals surface area contributed by atoms with Gasteiger partial charge in [0.25, 0.3) is 0 Å². The fraction of sp³-hybridized carbons (Fsp3) is 0.824. The minimum absolute atomic E-state index is 0.335. The van der Waals surface area contributed by atoms with Gasteiger partial charge in [-0.15, -0.1) is 0 Å². The van der Waals surface area contributed by atoms with Crippen LogP contribution in [0.15, 0.2) is 12.3 Å². The van der Waals surface area contributed by atoms with E-state index in [1.807, 2.05) is 6.08 Å². The summed E-state index contributed by atoms with van der Waals surface area (Å²) in [4.78, 5) is 11.1. The van der Waals surface area contributed by atoms with Crippen LogP contribution in [0.25, 0.3) is 0 Å². The van der Waals surface area contributed by atoms with Crippen molar-refractivity contribution >= 4 is 5.97 Å². The molecule has 0 spiro atoms. The molecule has 0 aromatic carbocycles. The van der Waals surface area contributed by atoms with Gasteiger partial charge in [0, 0.05) is 0 Å². The molecule has 0 saturated carbocycles. The summed E-state index contributed by atoms with van der Waals surface area (Å²) in [5.74, 6) is -0.335. The Kier molecular flexibility index (Phi) is 13.7. The van der Waals surface area contributed by atoms with Crippen molar-refractivity contribution in [3.63, 3.8) is 0 Å². The van der Waals surface area contributed by atoms with Gasteiger partial charge in [-0.1, -0.05) is 58.3 Å². The molecule has 0 fully saturated rings. The van der Waals surface area contributed by atoms with Gasteiger partial charge in [0.05, 0.1) is 13.4 Å². The molecule has 0 bridgehead atoms. The molecular formula is C17H32O3. The summed E-state index contributed by atoms with van der Waals surface area (Å²) >= 11 is 0. The predicted molar refractivity (Wildman–Crippen MR) is 83.5 cm³/mol. The number of carbonyl (C=O) groups is 1. The first-order chi connectivity index (χ1) is 9.72. The lowest BCUT2D eigenvalue weighted by Crippen LogP contribution is -2.19. The van der Waals surface area contributed by atoms with Crippen molar-refractivity contribution in [2.45, 2.75) is 84.2 Å². The molecule has 0 rings (SSSR count). The second-order valence-corrected chi connectivity index (χ2v) is 5.29. The lowest BCUT2D eigenvalue weighted by molar-refractivity contribution is -0.149. The van der Waals surface area contributed by atoms with E-state index < -0.39 is 6.10 Å². The smallest absolute Gasteiger partial charge is 0.346 e. The average Bonchev–Trinajstić information content (AvgIpc) is 2.47. The Hall–Kier alpha value is -0.990. The van der Waals surface area contributed by atoms with Crippen LogP contribution in [0.4, 0.5) is 0 Å². The molecule has 0 radical (unpaired) electrons. The van der Waals surface area contributed by atoms with Gasteiger partial charge in [0.2, 0.25) is 0 Å². The third-order valence-electron chi connectivity index (χ3n) is 3.39. The van der Waals surface area contributed by atoms with E-state index in [1.165, 1.54) is 64.9 Å². The number of hydrogen-bond donors (Lipinski definition) is 0. The number of hydrogen-bond acceptors (Lipinski definition) is 3. The van der Waals surface area contributed by atoms with Crippen LogP contribution < -0.4 is 0 Å². The van der Waals surface area contributed by atoms with Gasteiger partial charge in [0.1, 0.15) is 0 Å². The van der Waals surface area contributed by atoms with Crippen LogP contribution in [-0.4, -0.2) is 19.2 Å². The van der Waals surface area contributed by atoms with Crippen molar-refractivity contribution in [3.8, 4) is 0 Å². The maximum atomic E-state index is 11.1. The second kappa shape index (κ2) is 14.4. The maximum Gasteiger partial charge on any atom is 0.346 e. The standard InChI is InChI=1S/C17H32O3/c1-4-5-6-7-8-9-10-11-12-13-14-15-20-16(2)17(18)19-3/h14-16H,4-13H2,1-3H3. The van der Waals surface area contributed by atoms with E-state index in [4.69, 9.17) is 4.74 Å². The average molecular weight is 284 g/mol. The summed E-state index contributed by atoms with van der Waals surface area (Å²) in [6, 6.07) is 0. The molecule has 118 valence electrons. The molecule has 0 aliphatic heterocycles. The molecular weight excluding hydrogens is 252 g/mol. The third-order valence-corrected chi connectivity index (χ3v) is 3.39. The van der Waals surface area contributed by atoms with E-state index in [9.17, 15) is 4.79 Å². The largest absolute Gasteiger partial charge is 0.487 e. The zero-order chi connectivity index (χ0) is 15.1. The molecule has 0 heterocycles. The first kappa shape index (κ1) is 19.0. The topological polar surface area (TPSA) is 35.5 Å². The van der Waals surface area contributed by atoms with Crippen LogP contribution in [0.3, 0.4) is 0 Å². The number of methoxy groups -OCH3 is 1. The van der Waals surface area contributed by atoms with Gasteiger partial charge >= 0.3 is 5.97 Å². The highest BCUT2D eigenvalue weighted by Crippen LogP contribution is 2.10. The number of unbranched alkanes of at least 4 members (excludes halogenated alkanes) is 9. The van der Waals surface area contributed by atoms with E-state index in [-0.39, 0.29) is 5.97 Å². The van der Waals surface area contributed by atoms with E-state index in [1.54, 1.807) is 13.2 Å². The molecule has 0 aromatic heterocycles. The molecule has 1 atom stereocenters. The number of esters is 1. The second-order valence-electron chi connectivity index (χ2n) is 5.29. The zero-order valence-corrected chi connectivity index (χ0v) is 13.5. The molecule has 0 aliphatic rings. The Bertz CT molecular complexity index is 249. The first-order valence-electron chi connectivity index (χ1n) is 8.10. The molecule has 0 saturated heterocycles. The number of carbonyl (C=O) groups excluding carboxylic acids is 1. The van der Waals surface area contributed by atoms with Crippen LogP contribution in [0.1, 0.15) is 78.1 Å². The van der Waals surface area contributed by atoms with Crippen molar-refractivity contribution in [2.75, 3.05) is 7.11 Å². The fourth-order valence-electron chi connectivity index (χ4n) is 2.04. The highest BCUT2D eigenvalue weighted by atomic mass is 16.6. The van der Waals surface area contributed by atoms with E-state index in [0.29, 0.717) is 0 Å². The van der Waals surface area contributed by atoms with Crippen molar-refractivity contribution in [3.05, 3.63) is 12.3 Å². The minimum atomic E-state index is -0.514. The van der Waals surface area contributed by atoms with Gasteiger partial charge < -0.3 is 9.47 Å². The fourth-order valence-corrected chi connectivity index (χ4v) is 2.04. The SMILES string of the molecule is CCCCCCCCCCCC=COC(C)C(=O)OC. The molecule has 1 unspecified atom stereocenters. The highest BCUT2D eigenvalue weighted by Gasteiger charge is 2.11.